The van der Waals surface area contributed by atoms with E-state index in [0.717, 1.165) is 17.0 Å². The second-order valence-corrected chi connectivity index (χ2v) is 3.54. The van der Waals surface area contributed by atoms with Crippen molar-refractivity contribution in [2.75, 3.05) is 12.3 Å². The molecule has 1 aliphatic rings. The molecule has 3 nitrogen and oxygen atoms in total. The summed E-state index contributed by atoms with van der Waals surface area (Å²) < 4.78 is 10.9. The van der Waals surface area contributed by atoms with Crippen molar-refractivity contribution < 1.29 is 4.55 Å². The lowest BCUT2D eigenvalue weighted by Gasteiger charge is -2.03. The molecule has 0 aliphatic carbocycles. The third-order valence-electron chi connectivity index (χ3n) is 1.38. The highest BCUT2D eigenvalue weighted by Gasteiger charge is 2.24. The number of nitrogens with two attached hydrogens (primary N) is 2. The molecular formula is C5H10N2OS. The minimum Gasteiger partial charge on any atom is -0.612 e. The molecule has 1 atom stereocenters. The average Bonchev–Trinajstić information content (AvgIpc) is 2.12. The predicted molar refractivity (Wildman–Crippen MR) is 37.9 cm³/mol. The van der Waals surface area contributed by atoms with Crippen LogP contribution in [-0.4, -0.2) is 16.9 Å². The van der Waals surface area contributed by atoms with Gasteiger partial charge in [0, 0.05) is 6.42 Å². The van der Waals surface area contributed by atoms with Gasteiger partial charge < -0.3 is 16.0 Å². The summed E-state index contributed by atoms with van der Waals surface area (Å²) in [5.74, 6) is 0.665. The molecule has 0 aromatic heterocycles. The molecule has 1 heterocycles. The Kier molecular flexibility index (Phi) is 2.00. The van der Waals surface area contributed by atoms with Crippen molar-refractivity contribution in [1.82, 2.24) is 0 Å². The van der Waals surface area contributed by atoms with Crippen LogP contribution in [0.2, 0.25) is 0 Å². The summed E-state index contributed by atoms with van der Waals surface area (Å²) in [4.78, 5) is 0.745. The molecule has 0 aromatic carbocycles. The van der Waals surface area contributed by atoms with Gasteiger partial charge in [-0.15, -0.1) is 0 Å². The van der Waals surface area contributed by atoms with Gasteiger partial charge in [0.1, 0.15) is 5.75 Å². The van der Waals surface area contributed by atoms with Gasteiger partial charge in [-0.05, 0) is 11.2 Å². The summed E-state index contributed by atoms with van der Waals surface area (Å²) in [6.07, 6.45) is 0.749. The third kappa shape index (κ3) is 1.20. The summed E-state index contributed by atoms with van der Waals surface area (Å²) in [7, 11) is 0. The number of hydrogen-bond donors (Lipinski definition) is 2. The van der Waals surface area contributed by atoms with Crippen LogP contribution in [0.5, 0.6) is 0 Å². The first-order chi connectivity index (χ1) is 4.25. The van der Waals surface area contributed by atoms with E-state index in [-0.39, 0.29) is 0 Å². The van der Waals surface area contributed by atoms with Gasteiger partial charge in [-0.2, -0.15) is 0 Å². The van der Waals surface area contributed by atoms with Crippen LogP contribution in [0.1, 0.15) is 6.42 Å². The Hall–Kier alpha value is -0.190. The first-order valence-corrected chi connectivity index (χ1v) is 4.13. The molecule has 1 rings (SSSR count). The fourth-order valence-corrected chi connectivity index (χ4v) is 2.07. The maximum absolute atomic E-state index is 10.9. The molecule has 0 spiro atoms. The zero-order valence-electron chi connectivity index (χ0n) is 5.09. The van der Waals surface area contributed by atoms with E-state index in [1.165, 1.54) is 0 Å². The lowest BCUT2D eigenvalue weighted by Crippen LogP contribution is -2.13. The molecule has 0 saturated heterocycles. The van der Waals surface area contributed by atoms with Gasteiger partial charge in [-0.3, -0.25) is 0 Å². The van der Waals surface area contributed by atoms with E-state index in [1.807, 2.05) is 0 Å². The molecule has 52 valence electrons. The summed E-state index contributed by atoms with van der Waals surface area (Å²) in [6.45, 7) is 0.346. The Morgan fingerprint density at radius 1 is 1.67 bits per heavy atom. The van der Waals surface area contributed by atoms with Crippen LogP contribution in [0, 0.1) is 0 Å². The third-order valence-corrected chi connectivity index (χ3v) is 2.93. The van der Waals surface area contributed by atoms with Gasteiger partial charge in [0.2, 0.25) is 0 Å². The van der Waals surface area contributed by atoms with Crippen LogP contribution < -0.4 is 11.5 Å². The van der Waals surface area contributed by atoms with E-state index in [1.54, 1.807) is 0 Å². The second-order valence-electron chi connectivity index (χ2n) is 1.95. The molecule has 1 unspecified atom stereocenters. The first-order valence-electron chi connectivity index (χ1n) is 2.81. The lowest BCUT2D eigenvalue weighted by atomic mass is 10.3. The van der Waals surface area contributed by atoms with Crippen molar-refractivity contribution in [2.24, 2.45) is 11.5 Å². The summed E-state index contributed by atoms with van der Waals surface area (Å²) in [6, 6.07) is 0. The zero-order chi connectivity index (χ0) is 6.85. The van der Waals surface area contributed by atoms with Crippen LogP contribution in [0.3, 0.4) is 0 Å². The van der Waals surface area contributed by atoms with Gasteiger partial charge in [-0.1, -0.05) is 0 Å². The Balaban J connectivity index is 2.69. The largest absolute Gasteiger partial charge is 0.612 e. The topological polar surface area (TPSA) is 75.1 Å². The highest BCUT2D eigenvalue weighted by molar-refractivity contribution is 7.95. The van der Waals surface area contributed by atoms with Gasteiger partial charge in [0.25, 0.3) is 0 Å². The van der Waals surface area contributed by atoms with Crippen LogP contribution in [0.4, 0.5) is 0 Å². The van der Waals surface area contributed by atoms with E-state index in [0.29, 0.717) is 12.3 Å². The smallest absolute Gasteiger partial charge is 0.162 e. The Morgan fingerprint density at radius 3 is 2.56 bits per heavy atom. The second kappa shape index (κ2) is 2.60. The quantitative estimate of drug-likeness (QED) is 0.479. The SMILES string of the molecule is NCC1=C(N)CC[S+]1[O-]. The van der Waals surface area contributed by atoms with Gasteiger partial charge >= 0.3 is 0 Å². The highest BCUT2D eigenvalue weighted by atomic mass is 32.2. The normalized spacial score (nSPS) is 27.6. The Labute approximate surface area is 57.3 Å². The van der Waals surface area contributed by atoms with Crippen molar-refractivity contribution >= 4 is 11.2 Å². The summed E-state index contributed by atoms with van der Waals surface area (Å²) in [5, 5.41) is 0. The van der Waals surface area contributed by atoms with E-state index in [2.05, 4.69) is 0 Å². The van der Waals surface area contributed by atoms with E-state index in [4.69, 9.17) is 11.5 Å². The average molecular weight is 146 g/mol. The highest BCUT2D eigenvalue weighted by Crippen LogP contribution is 2.20. The van der Waals surface area contributed by atoms with Crippen molar-refractivity contribution in [2.45, 2.75) is 6.42 Å². The molecule has 4 N–H and O–H groups in total. The standard InChI is InChI=1S/C5H10N2OS/c6-3-5-4(7)1-2-9(5)8/h1-3,6-7H2. The van der Waals surface area contributed by atoms with Gasteiger partial charge in [0.05, 0.1) is 12.2 Å². The number of allylic oxidation sites excluding steroid dienone is 1. The Bertz CT molecular complexity index is 146. The maximum Gasteiger partial charge on any atom is 0.162 e. The predicted octanol–water partition coefficient (Wildman–Crippen LogP) is -0.732. The number of rotatable bonds is 1. The van der Waals surface area contributed by atoms with Crippen molar-refractivity contribution in [1.29, 1.82) is 0 Å². The van der Waals surface area contributed by atoms with Crippen LogP contribution in [-0.2, 0) is 11.2 Å². The van der Waals surface area contributed by atoms with Crippen molar-refractivity contribution in [3.8, 4) is 0 Å². The minimum atomic E-state index is -0.861. The molecular weight excluding hydrogens is 136 g/mol. The van der Waals surface area contributed by atoms with Crippen LogP contribution in [0.15, 0.2) is 10.6 Å². The molecule has 0 fully saturated rings. The molecule has 1 aliphatic heterocycles. The lowest BCUT2D eigenvalue weighted by molar-refractivity contribution is 0.602. The summed E-state index contributed by atoms with van der Waals surface area (Å²) >= 11 is -0.861. The van der Waals surface area contributed by atoms with Crippen molar-refractivity contribution in [3.63, 3.8) is 0 Å². The van der Waals surface area contributed by atoms with E-state index >= 15 is 0 Å². The van der Waals surface area contributed by atoms with Crippen LogP contribution in [0.25, 0.3) is 0 Å². The molecule has 0 saturated carbocycles. The van der Waals surface area contributed by atoms with Crippen molar-refractivity contribution in [3.05, 3.63) is 10.6 Å². The monoisotopic (exact) mass is 146 g/mol. The molecule has 9 heavy (non-hydrogen) atoms. The zero-order valence-corrected chi connectivity index (χ0v) is 5.91. The van der Waals surface area contributed by atoms with Gasteiger partial charge in [0.15, 0.2) is 4.91 Å². The molecule has 4 heteroatoms. The van der Waals surface area contributed by atoms with Crippen LogP contribution >= 0.6 is 0 Å². The molecule has 0 bridgehead atoms. The molecule has 0 radical (unpaired) electrons. The molecule has 0 aromatic rings. The molecule has 0 amide bonds. The Morgan fingerprint density at radius 2 is 2.33 bits per heavy atom. The maximum atomic E-state index is 10.9. The van der Waals surface area contributed by atoms with E-state index in [9.17, 15) is 4.55 Å². The van der Waals surface area contributed by atoms with Gasteiger partial charge in [-0.25, -0.2) is 0 Å². The fraction of sp³-hybridized carbons (Fsp3) is 0.600. The number of hydrogen-bond acceptors (Lipinski definition) is 3. The first kappa shape index (κ1) is 6.92. The minimum absolute atomic E-state index is 0.346. The fourth-order valence-electron chi connectivity index (χ4n) is 0.836. The summed E-state index contributed by atoms with van der Waals surface area (Å²) in [5.41, 5.74) is 11.5. The van der Waals surface area contributed by atoms with E-state index < -0.39 is 11.2 Å².